The van der Waals surface area contributed by atoms with Gasteiger partial charge in [0.05, 0.1) is 10.0 Å². The van der Waals surface area contributed by atoms with Crippen molar-refractivity contribution < 1.29 is 4.79 Å². The number of urea groups is 1. The lowest BCUT2D eigenvalue weighted by Crippen LogP contribution is -2.31. The van der Waals surface area contributed by atoms with Gasteiger partial charge in [-0.15, -0.1) is 0 Å². The molecule has 2 amide bonds. The molecule has 4 nitrogen and oxygen atoms in total. The molecule has 2 atom stereocenters. The molecule has 6 heteroatoms. The van der Waals surface area contributed by atoms with E-state index in [0.29, 0.717) is 21.8 Å². The molecule has 1 aromatic heterocycles. The molecule has 0 aliphatic heterocycles. The zero-order chi connectivity index (χ0) is 11.7. The van der Waals surface area contributed by atoms with Crippen LogP contribution in [0.2, 0.25) is 10.0 Å². The van der Waals surface area contributed by atoms with E-state index >= 15 is 0 Å². The van der Waals surface area contributed by atoms with Gasteiger partial charge in [-0.05, 0) is 12.3 Å². The fraction of sp³-hybridized carbons (Fsp3) is 0.400. The normalized spacial score (nSPS) is 22.7. The predicted octanol–water partition coefficient (Wildman–Crippen LogP) is 2.92. The lowest BCUT2D eigenvalue weighted by atomic mass is 10.4. The smallest absolute Gasteiger partial charge is 0.320 e. The zero-order valence-corrected chi connectivity index (χ0v) is 10.1. The van der Waals surface area contributed by atoms with Crippen LogP contribution >= 0.6 is 23.2 Å². The van der Waals surface area contributed by atoms with E-state index in [0.717, 1.165) is 6.42 Å². The molecule has 2 unspecified atom stereocenters. The molecule has 0 bridgehead atoms. The van der Waals surface area contributed by atoms with Gasteiger partial charge in [0.15, 0.2) is 0 Å². The van der Waals surface area contributed by atoms with Crippen LogP contribution in [0.25, 0.3) is 0 Å². The Bertz CT molecular complexity index is 425. The molecule has 1 aliphatic rings. The van der Waals surface area contributed by atoms with Crippen molar-refractivity contribution in [3.05, 3.63) is 22.3 Å². The number of amides is 2. The zero-order valence-electron chi connectivity index (χ0n) is 8.63. The summed E-state index contributed by atoms with van der Waals surface area (Å²) in [5.74, 6) is 0.952. The quantitative estimate of drug-likeness (QED) is 0.858. The Morgan fingerprint density at radius 2 is 2.19 bits per heavy atom. The maximum Gasteiger partial charge on any atom is 0.320 e. The van der Waals surface area contributed by atoms with Crippen LogP contribution in [0, 0.1) is 5.92 Å². The number of aromatic nitrogens is 1. The number of carbonyl (C=O) groups excluding carboxylic acids is 1. The van der Waals surface area contributed by atoms with Gasteiger partial charge in [0.1, 0.15) is 5.82 Å². The number of hydrogen-bond donors (Lipinski definition) is 2. The summed E-state index contributed by atoms with van der Waals surface area (Å²) >= 11 is 11.5. The largest absolute Gasteiger partial charge is 0.335 e. The van der Waals surface area contributed by atoms with Crippen molar-refractivity contribution in [3.63, 3.8) is 0 Å². The van der Waals surface area contributed by atoms with Crippen LogP contribution in [0.4, 0.5) is 10.6 Å². The van der Waals surface area contributed by atoms with Gasteiger partial charge >= 0.3 is 6.03 Å². The van der Waals surface area contributed by atoms with E-state index in [2.05, 4.69) is 22.5 Å². The van der Waals surface area contributed by atoms with Crippen LogP contribution in [-0.2, 0) is 0 Å². The molecule has 0 aromatic carbocycles. The third-order valence-corrected chi connectivity index (χ3v) is 3.19. The second-order valence-electron chi connectivity index (χ2n) is 3.90. The highest BCUT2D eigenvalue weighted by atomic mass is 35.5. The summed E-state index contributed by atoms with van der Waals surface area (Å²) in [6, 6.07) is 1.53. The third kappa shape index (κ3) is 2.77. The summed E-state index contributed by atoms with van der Waals surface area (Å²) in [4.78, 5) is 15.4. The van der Waals surface area contributed by atoms with E-state index in [1.807, 2.05) is 0 Å². The molecule has 1 aliphatic carbocycles. The van der Waals surface area contributed by atoms with Crippen molar-refractivity contribution in [1.82, 2.24) is 10.3 Å². The molecule has 2 N–H and O–H groups in total. The molecule has 1 fully saturated rings. The number of nitrogens with zero attached hydrogens (tertiary/aromatic N) is 1. The Balaban J connectivity index is 1.92. The number of carbonyl (C=O) groups is 1. The summed E-state index contributed by atoms with van der Waals surface area (Å²) in [7, 11) is 0. The Morgan fingerprint density at radius 3 is 2.75 bits per heavy atom. The summed E-state index contributed by atoms with van der Waals surface area (Å²) in [6.45, 7) is 2.09. The van der Waals surface area contributed by atoms with Crippen molar-refractivity contribution in [2.45, 2.75) is 19.4 Å². The summed E-state index contributed by atoms with van der Waals surface area (Å²) in [5, 5.41) is 6.15. The van der Waals surface area contributed by atoms with E-state index in [1.54, 1.807) is 0 Å². The Morgan fingerprint density at radius 1 is 1.50 bits per heavy atom. The Labute approximate surface area is 103 Å². The Kier molecular flexibility index (Phi) is 3.21. The summed E-state index contributed by atoms with van der Waals surface area (Å²) in [6.07, 6.45) is 2.43. The van der Waals surface area contributed by atoms with Gasteiger partial charge in [-0.25, -0.2) is 9.78 Å². The molecular formula is C10H11Cl2N3O. The monoisotopic (exact) mass is 259 g/mol. The highest BCUT2D eigenvalue weighted by Crippen LogP contribution is 2.29. The van der Waals surface area contributed by atoms with E-state index in [9.17, 15) is 4.79 Å². The molecule has 0 spiro atoms. The van der Waals surface area contributed by atoms with Crippen LogP contribution in [0.5, 0.6) is 0 Å². The first kappa shape index (κ1) is 11.5. The van der Waals surface area contributed by atoms with Gasteiger partial charge in [0.25, 0.3) is 0 Å². The number of anilines is 1. The van der Waals surface area contributed by atoms with Crippen LogP contribution in [0.3, 0.4) is 0 Å². The fourth-order valence-corrected chi connectivity index (χ4v) is 1.58. The van der Waals surface area contributed by atoms with Crippen molar-refractivity contribution >= 4 is 35.1 Å². The second-order valence-corrected chi connectivity index (χ2v) is 4.72. The number of nitrogens with one attached hydrogen (secondary N) is 2. The fourth-order valence-electron chi connectivity index (χ4n) is 1.33. The van der Waals surface area contributed by atoms with Gasteiger partial charge < -0.3 is 5.32 Å². The van der Waals surface area contributed by atoms with Gasteiger partial charge in [-0.1, -0.05) is 30.1 Å². The highest BCUT2D eigenvalue weighted by Gasteiger charge is 2.33. The minimum absolute atomic E-state index is 0.264. The molecule has 86 valence electrons. The third-order valence-electron chi connectivity index (χ3n) is 2.48. The van der Waals surface area contributed by atoms with E-state index in [-0.39, 0.29) is 12.1 Å². The first-order chi connectivity index (χ1) is 7.56. The van der Waals surface area contributed by atoms with Gasteiger partial charge in [-0.2, -0.15) is 0 Å². The van der Waals surface area contributed by atoms with E-state index < -0.39 is 0 Å². The minimum Gasteiger partial charge on any atom is -0.335 e. The molecular weight excluding hydrogens is 249 g/mol. The SMILES string of the molecule is CC1CC1NC(=O)Nc1cc(Cl)c(Cl)cn1. The van der Waals surface area contributed by atoms with Crippen LogP contribution in [-0.4, -0.2) is 17.1 Å². The lowest BCUT2D eigenvalue weighted by Gasteiger charge is -2.06. The molecule has 1 heterocycles. The van der Waals surface area contributed by atoms with Gasteiger partial charge in [0, 0.05) is 18.3 Å². The topological polar surface area (TPSA) is 54.0 Å². The van der Waals surface area contributed by atoms with Crippen molar-refractivity contribution in [1.29, 1.82) is 0 Å². The van der Waals surface area contributed by atoms with Crippen LogP contribution in [0.1, 0.15) is 13.3 Å². The van der Waals surface area contributed by atoms with Crippen molar-refractivity contribution in [2.24, 2.45) is 5.92 Å². The molecule has 1 aromatic rings. The average Bonchev–Trinajstić information content (AvgIpc) is 2.88. The predicted molar refractivity (Wildman–Crippen MR) is 64.0 cm³/mol. The highest BCUT2D eigenvalue weighted by molar-refractivity contribution is 6.42. The number of rotatable bonds is 2. The molecule has 1 saturated carbocycles. The first-order valence-corrected chi connectivity index (χ1v) is 5.70. The number of hydrogen-bond acceptors (Lipinski definition) is 2. The maximum absolute atomic E-state index is 11.5. The van der Waals surface area contributed by atoms with E-state index in [4.69, 9.17) is 23.2 Å². The first-order valence-electron chi connectivity index (χ1n) is 4.95. The van der Waals surface area contributed by atoms with E-state index in [1.165, 1.54) is 12.3 Å². The average molecular weight is 260 g/mol. The molecule has 0 saturated heterocycles. The summed E-state index contributed by atoms with van der Waals surface area (Å²) < 4.78 is 0. The number of halogens is 2. The van der Waals surface area contributed by atoms with Crippen LogP contribution in [0.15, 0.2) is 12.3 Å². The minimum atomic E-state index is -0.264. The second kappa shape index (κ2) is 4.47. The van der Waals surface area contributed by atoms with Crippen molar-refractivity contribution in [3.8, 4) is 0 Å². The number of pyridine rings is 1. The molecule has 16 heavy (non-hydrogen) atoms. The van der Waals surface area contributed by atoms with Crippen LogP contribution < -0.4 is 10.6 Å². The maximum atomic E-state index is 11.5. The Hall–Kier alpha value is -1.00. The lowest BCUT2D eigenvalue weighted by molar-refractivity contribution is 0.251. The molecule has 0 radical (unpaired) electrons. The van der Waals surface area contributed by atoms with Gasteiger partial charge in [0.2, 0.25) is 0 Å². The van der Waals surface area contributed by atoms with Gasteiger partial charge in [-0.3, -0.25) is 5.32 Å². The van der Waals surface area contributed by atoms with Crippen molar-refractivity contribution in [2.75, 3.05) is 5.32 Å². The standard InChI is InChI=1S/C10H11Cl2N3O/c1-5-2-8(5)14-10(16)15-9-3-6(11)7(12)4-13-9/h3-5,8H,2H2,1H3,(H2,13,14,15,16). The summed E-state index contributed by atoms with van der Waals surface area (Å²) in [5.41, 5.74) is 0. The molecule has 2 rings (SSSR count).